The first kappa shape index (κ1) is 20.1. The van der Waals surface area contributed by atoms with Gasteiger partial charge in [-0.25, -0.2) is 0 Å². The van der Waals surface area contributed by atoms with Crippen molar-refractivity contribution >= 4 is 29.1 Å². The Hall–Kier alpha value is -2.63. The van der Waals surface area contributed by atoms with Crippen LogP contribution in [0.4, 0.5) is 11.4 Å². The van der Waals surface area contributed by atoms with Crippen LogP contribution in [-0.2, 0) is 14.4 Å². The highest BCUT2D eigenvalue weighted by Gasteiger charge is 2.51. The fraction of sp³-hybridized carbons (Fsp3) is 0.500. The van der Waals surface area contributed by atoms with Crippen molar-refractivity contribution in [3.05, 3.63) is 36.4 Å². The van der Waals surface area contributed by atoms with Crippen molar-refractivity contribution in [1.29, 1.82) is 0 Å². The molecule has 1 aromatic carbocycles. The number of rotatable bonds is 6. The van der Waals surface area contributed by atoms with E-state index in [9.17, 15) is 14.4 Å². The van der Waals surface area contributed by atoms with Crippen LogP contribution in [0.2, 0.25) is 0 Å². The van der Waals surface area contributed by atoms with Crippen molar-refractivity contribution in [3.8, 4) is 0 Å². The molecule has 2 aliphatic rings. The predicted molar refractivity (Wildman–Crippen MR) is 110 cm³/mol. The molecule has 0 bridgehead atoms. The molecule has 1 aromatic rings. The second kappa shape index (κ2) is 8.17. The summed E-state index contributed by atoms with van der Waals surface area (Å²) in [6.45, 7) is 3.98. The van der Waals surface area contributed by atoms with Crippen molar-refractivity contribution in [2.24, 2.45) is 17.8 Å². The summed E-state index contributed by atoms with van der Waals surface area (Å²) in [6.07, 6.45) is 5.52. The van der Waals surface area contributed by atoms with E-state index in [1.807, 2.05) is 69.3 Å². The number of benzene rings is 1. The molecule has 150 valence electrons. The van der Waals surface area contributed by atoms with Crippen LogP contribution < -0.4 is 10.2 Å². The monoisotopic (exact) mass is 383 g/mol. The van der Waals surface area contributed by atoms with Gasteiger partial charge in [0, 0.05) is 25.5 Å². The van der Waals surface area contributed by atoms with Crippen molar-refractivity contribution in [2.75, 3.05) is 24.3 Å². The molecule has 1 fully saturated rings. The first-order valence-electron chi connectivity index (χ1n) is 9.89. The second-order valence-corrected chi connectivity index (χ2v) is 8.28. The zero-order valence-corrected chi connectivity index (χ0v) is 17.0. The summed E-state index contributed by atoms with van der Waals surface area (Å²) in [4.78, 5) is 42.2. The number of amides is 3. The van der Waals surface area contributed by atoms with Gasteiger partial charge in [-0.3, -0.25) is 19.3 Å². The van der Waals surface area contributed by atoms with Crippen LogP contribution in [0.15, 0.2) is 36.4 Å². The van der Waals surface area contributed by atoms with Crippen LogP contribution in [0, 0.1) is 17.8 Å². The highest BCUT2D eigenvalue weighted by molar-refractivity contribution is 6.10. The fourth-order valence-electron chi connectivity index (χ4n) is 3.98. The van der Waals surface area contributed by atoms with Gasteiger partial charge in [-0.05, 0) is 49.4 Å². The van der Waals surface area contributed by atoms with Crippen LogP contribution >= 0.6 is 0 Å². The van der Waals surface area contributed by atoms with Gasteiger partial charge in [-0.15, -0.1) is 0 Å². The average molecular weight is 383 g/mol. The molecule has 28 heavy (non-hydrogen) atoms. The molecule has 0 radical (unpaired) electrons. The van der Waals surface area contributed by atoms with E-state index < -0.39 is 6.04 Å². The van der Waals surface area contributed by atoms with Gasteiger partial charge in [0.2, 0.25) is 17.7 Å². The Bertz CT molecular complexity index is 757. The molecular weight excluding hydrogens is 354 g/mol. The minimum absolute atomic E-state index is 0.174. The van der Waals surface area contributed by atoms with E-state index in [0.29, 0.717) is 24.9 Å². The molecule has 3 rings (SSSR count). The summed E-state index contributed by atoms with van der Waals surface area (Å²) in [5, 5.41) is 2.89. The van der Waals surface area contributed by atoms with Gasteiger partial charge in [-0.1, -0.05) is 26.0 Å². The van der Waals surface area contributed by atoms with Crippen LogP contribution in [0.25, 0.3) is 0 Å². The molecule has 3 atom stereocenters. The smallest absolute Gasteiger partial charge is 0.247 e. The highest BCUT2D eigenvalue weighted by Crippen LogP contribution is 2.37. The Balaban J connectivity index is 1.80. The number of fused-ring (bicyclic) bond motifs is 1. The lowest BCUT2D eigenvalue weighted by Gasteiger charge is -2.27. The van der Waals surface area contributed by atoms with Gasteiger partial charge < -0.3 is 10.2 Å². The number of hydrogen-bond acceptors (Lipinski definition) is 4. The molecule has 1 N–H and O–H groups in total. The van der Waals surface area contributed by atoms with Crippen LogP contribution in [0.3, 0.4) is 0 Å². The molecule has 6 nitrogen and oxygen atoms in total. The third kappa shape index (κ3) is 3.96. The molecule has 3 unspecified atom stereocenters. The molecule has 1 saturated heterocycles. The van der Waals surface area contributed by atoms with Crippen LogP contribution in [-0.4, -0.2) is 42.8 Å². The van der Waals surface area contributed by atoms with E-state index in [1.54, 1.807) is 0 Å². The van der Waals surface area contributed by atoms with Crippen molar-refractivity contribution < 1.29 is 14.4 Å². The summed E-state index contributed by atoms with van der Waals surface area (Å²) >= 11 is 0. The van der Waals surface area contributed by atoms with Gasteiger partial charge in [0.05, 0.1) is 11.8 Å². The summed E-state index contributed by atoms with van der Waals surface area (Å²) in [5.41, 5.74) is 1.68. The highest BCUT2D eigenvalue weighted by atomic mass is 16.2. The Morgan fingerprint density at radius 1 is 1.07 bits per heavy atom. The summed E-state index contributed by atoms with van der Waals surface area (Å²) in [5.74, 6) is -1.18. The molecular formula is C22H29N3O3. The van der Waals surface area contributed by atoms with Gasteiger partial charge in [-0.2, -0.15) is 0 Å². The predicted octanol–water partition coefficient (Wildman–Crippen LogP) is 3.06. The molecule has 0 spiro atoms. The summed E-state index contributed by atoms with van der Waals surface area (Å²) in [7, 11) is 3.90. The summed E-state index contributed by atoms with van der Waals surface area (Å²) in [6, 6.07) is 6.71. The number of carbonyl (C=O) groups excluding carboxylic acids is 3. The molecule has 1 aliphatic heterocycles. The minimum atomic E-state index is -0.779. The zero-order chi connectivity index (χ0) is 20.4. The first-order chi connectivity index (χ1) is 13.3. The number of nitrogens with zero attached hydrogens (tertiary/aromatic N) is 2. The average Bonchev–Trinajstić information content (AvgIpc) is 2.91. The number of likely N-dealkylation sites (tertiary alicyclic amines) is 1. The van der Waals surface area contributed by atoms with Gasteiger partial charge in [0.1, 0.15) is 6.04 Å². The van der Waals surface area contributed by atoms with E-state index in [4.69, 9.17) is 0 Å². The van der Waals surface area contributed by atoms with E-state index in [1.165, 1.54) is 4.90 Å². The normalized spacial score (nSPS) is 22.4. The number of allylic oxidation sites excluding steroid dienone is 2. The topological polar surface area (TPSA) is 69.7 Å². The maximum Gasteiger partial charge on any atom is 0.247 e. The molecule has 1 aliphatic carbocycles. The van der Waals surface area contributed by atoms with Crippen molar-refractivity contribution in [2.45, 2.75) is 39.2 Å². The Kier molecular flexibility index (Phi) is 5.87. The van der Waals surface area contributed by atoms with Crippen LogP contribution in [0.1, 0.15) is 33.1 Å². The molecule has 1 heterocycles. The van der Waals surface area contributed by atoms with Crippen molar-refractivity contribution in [1.82, 2.24) is 4.90 Å². The molecule has 0 saturated carbocycles. The zero-order valence-electron chi connectivity index (χ0n) is 17.0. The number of anilines is 2. The number of carbonyl (C=O) groups is 3. The van der Waals surface area contributed by atoms with Gasteiger partial charge in [0.15, 0.2) is 0 Å². The van der Waals surface area contributed by atoms with E-state index >= 15 is 0 Å². The Morgan fingerprint density at radius 3 is 2.07 bits per heavy atom. The Labute approximate surface area is 166 Å². The van der Waals surface area contributed by atoms with E-state index in [2.05, 4.69) is 5.32 Å². The lowest BCUT2D eigenvalue weighted by Crippen LogP contribution is -2.48. The van der Waals surface area contributed by atoms with Gasteiger partial charge in [0.25, 0.3) is 0 Å². The largest absolute Gasteiger partial charge is 0.378 e. The molecule has 0 aromatic heterocycles. The SMILES string of the molecule is CC(C)CC(C(=O)Nc1ccc(N(C)C)cc1)N1C(=O)C2CC=CCC2C1=O. The minimum Gasteiger partial charge on any atom is -0.378 e. The summed E-state index contributed by atoms with van der Waals surface area (Å²) < 4.78 is 0. The third-order valence-electron chi connectivity index (χ3n) is 5.50. The first-order valence-corrected chi connectivity index (χ1v) is 9.89. The van der Waals surface area contributed by atoms with E-state index in [-0.39, 0.29) is 35.5 Å². The lowest BCUT2D eigenvalue weighted by atomic mass is 9.85. The molecule has 6 heteroatoms. The number of hydrogen-bond donors (Lipinski definition) is 1. The quantitative estimate of drug-likeness (QED) is 0.605. The fourth-order valence-corrected chi connectivity index (χ4v) is 3.98. The lowest BCUT2D eigenvalue weighted by molar-refractivity contribution is -0.147. The Morgan fingerprint density at radius 2 is 1.61 bits per heavy atom. The number of nitrogens with one attached hydrogen (secondary N) is 1. The van der Waals surface area contributed by atoms with Crippen molar-refractivity contribution in [3.63, 3.8) is 0 Å². The van der Waals surface area contributed by atoms with E-state index in [0.717, 1.165) is 5.69 Å². The standard InChI is InChI=1S/C22H29N3O3/c1-14(2)13-19(20(26)23-15-9-11-16(12-10-15)24(3)4)25-21(27)17-7-5-6-8-18(17)22(25)28/h5-6,9-12,14,17-19H,7-8,13H2,1-4H3,(H,23,26). The molecule has 3 amide bonds. The third-order valence-corrected chi connectivity index (χ3v) is 5.50. The maximum absolute atomic E-state index is 13.1. The second-order valence-electron chi connectivity index (χ2n) is 8.28. The van der Waals surface area contributed by atoms with Gasteiger partial charge >= 0.3 is 0 Å². The van der Waals surface area contributed by atoms with Crippen LogP contribution in [0.5, 0.6) is 0 Å². The number of imide groups is 1. The maximum atomic E-state index is 13.1.